The molecule has 0 atom stereocenters. The molecule has 0 heterocycles. The zero-order valence-electron chi connectivity index (χ0n) is 27.7. The van der Waals surface area contributed by atoms with Gasteiger partial charge in [-0.2, -0.15) is 0 Å². The van der Waals surface area contributed by atoms with E-state index < -0.39 is 23.9 Å². The second-order valence-corrected chi connectivity index (χ2v) is 10.1. The summed E-state index contributed by atoms with van der Waals surface area (Å²) >= 11 is 0. The van der Waals surface area contributed by atoms with Gasteiger partial charge in [0.2, 0.25) is 0 Å². The van der Waals surface area contributed by atoms with Crippen molar-refractivity contribution in [3.8, 4) is 0 Å². The number of carboxylic acid groups (broad SMARTS) is 4. The average molecular weight is 621 g/mol. The van der Waals surface area contributed by atoms with E-state index in [9.17, 15) is 39.6 Å². The molecule has 0 rings (SSSR count). The van der Waals surface area contributed by atoms with E-state index >= 15 is 0 Å². The second kappa shape index (κ2) is 50.1. The van der Waals surface area contributed by atoms with Crippen LogP contribution in [0, 0.1) is 0 Å². The van der Waals surface area contributed by atoms with E-state index in [1.807, 2.05) is 0 Å². The first kappa shape index (κ1) is 53.9. The molecule has 240 valence electrons. The summed E-state index contributed by atoms with van der Waals surface area (Å²) in [5.41, 5.74) is 0. The minimum Gasteiger partial charge on any atom is -0.550 e. The third-order valence-electron chi connectivity index (χ3n) is 5.94. The summed E-state index contributed by atoms with van der Waals surface area (Å²) in [4.78, 5) is 39.7. The van der Waals surface area contributed by atoms with Crippen molar-refractivity contribution in [3.63, 3.8) is 0 Å². The summed E-state index contributed by atoms with van der Waals surface area (Å²) in [5, 5.41) is 39.7. The number of hydrogen-bond acceptors (Lipinski definition) is 8. The van der Waals surface area contributed by atoms with Crippen LogP contribution in [-0.4, -0.2) is 70.0 Å². The molecule has 0 fully saturated rings. The van der Waals surface area contributed by atoms with Crippen LogP contribution in [0.1, 0.15) is 182 Å². The maximum atomic E-state index is 9.92. The Morgan fingerprint density at radius 1 is 0.310 bits per heavy atom. The molecule has 0 bridgehead atoms. The van der Waals surface area contributed by atoms with Crippen molar-refractivity contribution in [2.75, 3.05) is 0 Å². The summed E-state index contributed by atoms with van der Waals surface area (Å²) in [6.45, 7) is 8.55. The van der Waals surface area contributed by atoms with Crippen molar-refractivity contribution < 1.29 is 39.6 Å². The van der Waals surface area contributed by atoms with Crippen molar-refractivity contribution in [2.45, 2.75) is 182 Å². The van der Waals surface area contributed by atoms with Crippen molar-refractivity contribution in [1.82, 2.24) is 0 Å². The number of unbranched alkanes of at least 4 members (excludes halogenated alkanes) is 16. The van der Waals surface area contributed by atoms with Crippen molar-refractivity contribution in [1.29, 1.82) is 0 Å². The molecule has 42 heavy (non-hydrogen) atoms. The van der Waals surface area contributed by atoms with Gasteiger partial charge >= 0.3 is 46.1 Å². The molecular formula is C32H60Mg2O8. The van der Waals surface area contributed by atoms with Crippen molar-refractivity contribution >= 4 is 70.0 Å². The van der Waals surface area contributed by atoms with Gasteiger partial charge in [0.15, 0.2) is 0 Å². The number of carbonyl (C=O) groups is 4. The van der Waals surface area contributed by atoms with Crippen LogP contribution in [-0.2, 0) is 19.2 Å². The van der Waals surface area contributed by atoms with E-state index in [2.05, 4.69) is 27.7 Å². The van der Waals surface area contributed by atoms with Crippen LogP contribution < -0.4 is 20.4 Å². The van der Waals surface area contributed by atoms with E-state index in [4.69, 9.17) is 0 Å². The molecule has 0 aromatic carbocycles. The molecule has 0 spiro atoms. The van der Waals surface area contributed by atoms with Gasteiger partial charge in [-0.05, 0) is 51.4 Å². The summed E-state index contributed by atoms with van der Waals surface area (Å²) in [5.74, 6) is -3.68. The first-order valence-electron chi connectivity index (χ1n) is 15.9. The van der Waals surface area contributed by atoms with Crippen LogP contribution in [0.4, 0.5) is 0 Å². The molecule has 0 aromatic rings. The number of rotatable bonds is 24. The van der Waals surface area contributed by atoms with Gasteiger partial charge in [-0.1, -0.05) is 130 Å². The zero-order valence-corrected chi connectivity index (χ0v) is 30.5. The second-order valence-electron chi connectivity index (χ2n) is 10.1. The quantitative estimate of drug-likeness (QED) is 0.117. The summed E-state index contributed by atoms with van der Waals surface area (Å²) in [6.07, 6.45) is 22.4. The fourth-order valence-corrected chi connectivity index (χ4v) is 3.49. The molecule has 0 saturated carbocycles. The van der Waals surface area contributed by atoms with Crippen molar-refractivity contribution in [3.05, 3.63) is 0 Å². The van der Waals surface area contributed by atoms with E-state index in [0.717, 1.165) is 77.0 Å². The molecule has 0 aliphatic heterocycles. The molecule has 0 radical (unpaired) electrons. The van der Waals surface area contributed by atoms with Gasteiger partial charge < -0.3 is 39.6 Å². The van der Waals surface area contributed by atoms with Crippen molar-refractivity contribution in [2.24, 2.45) is 0 Å². The predicted molar refractivity (Wildman–Crippen MR) is 165 cm³/mol. The van der Waals surface area contributed by atoms with Crippen LogP contribution >= 0.6 is 0 Å². The monoisotopic (exact) mass is 620 g/mol. The zero-order chi connectivity index (χ0) is 31.3. The Morgan fingerprint density at radius 3 is 0.571 bits per heavy atom. The molecule has 0 amide bonds. The fraction of sp³-hybridized carbons (Fsp3) is 0.875. The van der Waals surface area contributed by atoms with Gasteiger partial charge in [0.25, 0.3) is 0 Å². The SMILES string of the molecule is CCCCCCCC(=O)[O-].CCCCCCCC(=O)[O-].CCCCCCCC(=O)[O-].CCCCCCCC(=O)[O-].[Mg+2].[Mg+2]. The van der Waals surface area contributed by atoms with Crippen LogP contribution in [0.5, 0.6) is 0 Å². The van der Waals surface area contributed by atoms with Gasteiger partial charge in [-0.15, -0.1) is 0 Å². The van der Waals surface area contributed by atoms with Gasteiger partial charge in [0, 0.05) is 23.9 Å². The minimum atomic E-state index is -0.920. The molecule has 0 aliphatic rings. The molecule has 0 aliphatic carbocycles. The molecule has 8 nitrogen and oxygen atoms in total. The number of aliphatic carboxylic acids is 4. The predicted octanol–water partition coefficient (Wildman–Crippen LogP) is 3.63. The smallest absolute Gasteiger partial charge is 0.550 e. The standard InChI is InChI=1S/4C8H16O2.2Mg/c4*1-2-3-4-5-6-7-8(9)10;;/h4*2-7H2,1H3,(H,9,10);;/q;;;;2*+2/p-4. The Hall–Kier alpha value is -0.588. The van der Waals surface area contributed by atoms with Crippen LogP contribution in [0.25, 0.3) is 0 Å². The van der Waals surface area contributed by atoms with Crippen LogP contribution in [0.15, 0.2) is 0 Å². The molecule has 10 heteroatoms. The van der Waals surface area contributed by atoms with Gasteiger partial charge in [-0.25, -0.2) is 0 Å². The fourth-order valence-electron chi connectivity index (χ4n) is 3.49. The number of carboxylic acids is 4. The average Bonchev–Trinajstić information content (AvgIpc) is 2.89. The third kappa shape index (κ3) is 77.4. The Morgan fingerprint density at radius 2 is 0.452 bits per heavy atom. The number of hydrogen-bond donors (Lipinski definition) is 0. The molecule has 0 saturated heterocycles. The molecule has 0 aromatic heterocycles. The number of carbonyl (C=O) groups excluding carboxylic acids is 4. The Kier molecular flexibility index (Phi) is 64.3. The first-order chi connectivity index (χ1) is 19.1. The van der Waals surface area contributed by atoms with E-state index in [0.29, 0.717) is 0 Å². The van der Waals surface area contributed by atoms with Gasteiger partial charge in [0.1, 0.15) is 0 Å². The normalized spacial score (nSPS) is 9.24. The first-order valence-corrected chi connectivity index (χ1v) is 15.9. The molecule has 0 N–H and O–H groups in total. The third-order valence-corrected chi connectivity index (χ3v) is 5.94. The topological polar surface area (TPSA) is 161 Å². The molecule has 0 unspecified atom stereocenters. The summed E-state index contributed by atoms with van der Waals surface area (Å²) in [7, 11) is 0. The minimum absolute atomic E-state index is 0. The van der Waals surface area contributed by atoms with E-state index in [1.165, 1.54) is 51.4 Å². The van der Waals surface area contributed by atoms with Gasteiger partial charge in [-0.3, -0.25) is 0 Å². The van der Waals surface area contributed by atoms with Crippen LogP contribution in [0.2, 0.25) is 0 Å². The van der Waals surface area contributed by atoms with Gasteiger partial charge in [0.05, 0.1) is 0 Å². The summed E-state index contributed by atoms with van der Waals surface area (Å²) < 4.78 is 0. The summed E-state index contributed by atoms with van der Waals surface area (Å²) in [6, 6.07) is 0. The van der Waals surface area contributed by atoms with Crippen LogP contribution in [0.3, 0.4) is 0 Å². The Labute approximate surface area is 289 Å². The molecular weight excluding hydrogens is 561 g/mol. The van der Waals surface area contributed by atoms with E-state index in [1.54, 1.807) is 0 Å². The Bertz CT molecular complexity index is 465. The maximum Gasteiger partial charge on any atom is 2.00 e. The largest absolute Gasteiger partial charge is 2.00 e. The Balaban J connectivity index is -0.000000101. The maximum absolute atomic E-state index is 9.92. The van der Waals surface area contributed by atoms with E-state index in [-0.39, 0.29) is 71.8 Å².